The van der Waals surface area contributed by atoms with E-state index in [1.165, 1.54) is 0 Å². The lowest BCUT2D eigenvalue weighted by atomic mass is 10.1. The van der Waals surface area contributed by atoms with Crippen molar-refractivity contribution in [2.45, 2.75) is 27.7 Å². The molecule has 0 atom stereocenters. The van der Waals surface area contributed by atoms with Crippen LogP contribution in [0.15, 0.2) is 30.3 Å². The number of nitrogens with one attached hydrogen (secondary N) is 2. The lowest BCUT2D eigenvalue weighted by molar-refractivity contribution is 0.234. The predicted octanol–water partition coefficient (Wildman–Crippen LogP) is 4.09. The van der Waals surface area contributed by atoms with Gasteiger partial charge in [0.1, 0.15) is 11.5 Å². The van der Waals surface area contributed by atoms with Crippen LogP contribution in [0.4, 0.5) is 10.5 Å². The molecule has 24 heavy (non-hydrogen) atoms. The molecule has 0 saturated carbocycles. The molecule has 2 rings (SSSR count). The van der Waals surface area contributed by atoms with E-state index in [0.29, 0.717) is 11.4 Å². The molecule has 0 spiro atoms. The summed E-state index contributed by atoms with van der Waals surface area (Å²) in [5.41, 5.74) is 4.94. The highest BCUT2D eigenvalue weighted by molar-refractivity contribution is 5.91. The highest BCUT2D eigenvalue weighted by Crippen LogP contribution is 2.26. The van der Waals surface area contributed by atoms with E-state index >= 15 is 0 Å². The second-order valence-corrected chi connectivity index (χ2v) is 5.78. The molecule has 0 aliphatic rings. The van der Waals surface area contributed by atoms with Crippen molar-refractivity contribution in [1.29, 1.82) is 0 Å². The number of ether oxygens (including phenoxy) is 2. The number of hydrogen-bond donors (Lipinski definition) is 2. The quantitative estimate of drug-likeness (QED) is 0.813. The largest absolute Gasteiger partial charge is 0.495 e. The Morgan fingerprint density at radius 3 is 2.46 bits per heavy atom. The maximum atomic E-state index is 12.1. The summed E-state index contributed by atoms with van der Waals surface area (Å²) < 4.78 is 11.0. The smallest absolute Gasteiger partial charge is 0.321 e. The number of urea groups is 1. The van der Waals surface area contributed by atoms with Gasteiger partial charge in [-0.05, 0) is 62.1 Å². The summed E-state index contributed by atoms with van der Waals surface area (Å²) in [7, 11) is 1.57. The third-order valence-corrected chi connectivity index (χ3v) is 3.93. The Kier molecular flexibility index (Phi) is 5.68. The van der Waals surface area contributed by atoms with Crippen molar-refractivity contribution in [1.82, 2.24) is 5.32 Å². The molecule has 5 nitrogen and oxygen atoms in total. The average molecular weight is 328 g/mol. The van der Waals surface area contributed by atoms with Crippen LogP contribution in [0.2, 0.25) is 0 Å². The van der Waals surface area contributed by atoms with E-state index in [1.807, 2.05) is 52.0 Å². The molecule has 0 saturated heterocycles. The summed E-state index contributed by atoms with van der Waals surface area (Å²) >= 11 is 0. The first-order chi connectivity index (χ1) is 11.4. The Morgan fingerprint density at radius 2 is 1.75 bits per heavy atom. The van der Waals surface area contributed by atoms with Gasteiger partial charge in [0.15, 0.2) is 6.73 Å². The molecule has 2 aromatic rings. The van der Waals surface area contributed by atoms with Crippen LogP contribution in [-0.2, 0) is 0 Å². The summed E-state index contributed by atoms with van der Waals surface area (Å²) in [6.45, 7) is 8.07. The fourth-order valence-electron chi connectivity index (χ4n) is 2.41. The van der Waals surface area contributed by atoms with E-state index in [1.54, 1.807) is 7.11 Å². The summed E-state index contributed by atoms with van der Waals surface area (Å²) in [6.07, 6.45) is 0. The second kappa shape index (κ2) is 7.73. The first kappa shape index (κ1) is 17.7. The number of rotatable bonds is 5. The number of benzene rings is 2. The maximum Gasteiger partial charge on any atom is 0.321 e. The Labute approximate surface area is 143 Å². The SMILES string of the molecule is COc1ccc(C)cc1NC(=O)NCOc1c(C)ccc(C)c1C. The molecule has 5 heteroatoms. The van der Waals surface area contributed by atoms with Gasteiger partial charge in [-0.25, -0.2) is 4.79 Å². The molecule has 0 aliphatic carbocycles. The van der Waals surface area contributed by atoms with E-state index in [-0.39, 0.29) is 12.8 Å². The van der Waals surface area contributed by atoms with Gasteiger partial charge in [-0.1, -0.05) is 18.2 Å². The lowest BCUT2D eigenvalue weighted by Gasteiger charge is -2.15. The van der Waals surface area contributed by atoms with Crippen molar-refractivity contribution >= 4 is 11.7 Å². The summed E-state index contributed by atoms with van der Waals surface area (Å²) in [4.78, 5) is 12.1. The molecular formula is C19H24N2O3. The molecule has 0 unspecified atom stereocenters. The van der Waals surface area contributed by atoms with Crippen LogP contribution >= 0.6 is 0 Å². The number of hydrogen-bond acceptors (Lipinski definition) is 3. The van der Waals surface area contributed by atoms with Crippen molar-refractivity contribution < 1.29 is 14.3 Å². The van der Waals surface area contributed by atoms with Gasteiger partial charge >= 0.3 is 6.03 Å². The number of aryl methyl sites for hydroxylation is 3. The number of carbonyl (C=O) groups is 1. The van der Waals surface area contributed by atoms with Crippen LogP contribution in [-0.4, -0.2) is 19.9 Å². The van der Waals surface area contributed by atoms with E-state index in [2.05, 4.69) is 16.7 Å². The van der Waals surface area contributed by atoms with Gasteiger partial charge in [0, 0.05) is 0 Å². The van der Waals surface area contributed by atoms with Gasteiger partial charge in [0.25, 0.3) is 0 Å². The minimum atomic E-state index is -0.346. The minimum absolute atomic E-state index is 0.0884. The summed E-state index contributed by atoms with van der Waals surface area (Å²) in [6, 6.07) is 9.32. The fraction of sp³-hybridized carbons (Fsp3) is 0.316. The lowest BCUT2D eigenvalue weighted by Crippen LogP contribution is -2.32. The number of anilines is 1. The van der Waals surface area contributed by atoms with E-state index in [0.717, 1.165) is 28.0 Å². The Balaban J connectivity index is 1.95. The van der Waals surface area contributed by atoms with E-state index < -0.39 is 0 Å². The molecule has 2 aromatic carbocycles. The Bertz CT molecular complexity index is 742. The van der Waals surface area contributed by atoms with Crippen molar-refractivity contribution in [3.8, 4) is 11.5 Å². The third-order valence-electron chi connectivity index (χ3n) is 3.93. The van der Waals surface area contributed by atoms with E-state index in [4.69, 9.17) is 9.47 Å². The van der Waals surface area contributed by atoms with Gasteiger partial charge in [-0.2, -0.15) is 0 Å². The van der Waals surface area contributed by atoms with Crippen molar-refractivity contribution in [2.75, 3.05) is 19.2 Å². The van der Waals surface area contributed by atoms with Crippen LogP contribution in [0.25, 0.3) is 0 Å². The zero-order valence-electron chi connectivity index (χ0n) is 14.8. The number of methoxy groups -OCH3 is 1. The van der Waals surface area contributed by atoms with Crippen LogP contribution < -0.4 is 20.1 Å². The van der Waals surface area contributed by atoms with Gasteiger partial charge in [-0.15, -0.1) is 0 Å². The standard InChI is InChI=1S/C19H24N2O3/c1-12-6-9-17(23-5)16(10-12)21-19(22)20-11-24-18-14(3)8-7-13(2)15(18)4/h6-10H,11H2,1-5H3,(H2,20,21,22). The van der Waals surface area contributed by atoms with Gasteiger partial charge < -0.3 is 20.1 Å². The molecular weight excluding hydrogens is 304 g/mol. The summed E-state index contributed by atoms with van der Waals surface area (Å²) in [5.74, 6) is 1.42. The Morgan fingerprint density at radius 1 is 1.04 bits per heavy atom. The predicted molar refractivity (Wildman–Crippen MR) is 96.0 cm³/mol. The highest BCUT2D eigenvalue weighted by atomic mass is 16.5. The minimum Gasteiger partial charge on any atom is -0.495 e. The molecule has 128 valence electrons. The maximum absolute atomic E-state index is 12.1. The zero-order valence-corrected chi connectivity index (χ0v) is 14.8. The molecule has 0 bridgehead atoms. The monoisotopic (exact) mass is 328 g/mol. The first-order valence-electron chi connectivity index (χ1n) is 7.81. The molecule has 2 N–H and O–H groups in total. The molecule has 2 amide bonds. The van der Waals surface area contributed by atoms with Gasteiger partial charge in [-0.3, -0.25) is 0 Å². The molecule has 0 fully saturated rings. The molecule has 0 radical (unpaired) electrons. The van der Waals surface area contributed by atoms with Crippen LogP contribution in [0.3, 0.4) is 0 Å². The van der Waals surface area contributed by atoms with Crippen molar-refractivity contribution in [3.05, 3.63) is 52.6 Å². The van der Waals surface area contributed by atoms with Crippen LogP contribution in [0.1, 0.15) is 22.3 Å². The normalized spacial score (nSPS) is 10.2. The Hall–Kier alpha value is -2.69. The van der Waals surface area contributed by atoms with Gasteiger partial charge in [0.2, 0.25) is 0 Å². The number of carbonyl (C=O) groups excluding carboxylic acids is 1. The zero-order chi connectivity index (χ0) is 17.7. The topological polar surface area (TPSA) is 59.6 Å². The molecule has 0 heterocycles. The first-order valence-corrected chi connectivity index (χ1v) is 7.81. The van der Waals surface area contributed by atoms with E-state index in [9.17, 15) is 4.79 Å². The van der Waals surface area contributed by atoms with Crippen LogP contribution in [0, 0.1) is 27.7 Å². The molecule has 0 aliphatic heterocycles. The molecule has 0 aromatic heterocycles. The fourth-order valence-corrected chi connectivity index (χ4v) is 2.41. The van der Waals surface area contributed by atoms with Crippen molar-refractivity contribution in [2.24, 2.45) is 0 Å². The second-order valence-electron chi connectivity index (χ2n) is 5.78. The summed E-state index contributed by atoms with van der Waals surface area (Å²) in [5, 5.41) is 5.47. The van der Waals surface area contributed by atoms with Crippen molar-refractivity contribution in [3.63, 3.8) is 0 Å². The number of amides is 2. The van der Waals surface area contributed by atoms with Gasteiger partial charge in [0.05, 0.1) is 12.8 Å². The van der Waals surface area contributed by atoms with Crippen LogP contribution in [0.5, 0.6) is 11.5 Å². The third kappa shape index (κ3) is 4.19. The average Bonchev–Trinajstić information content (AvgIpc) is 2.54. The highest BCUT2D eigenvalue weighted by Gasteiger charge is 2.09.